The van der Waals surface area contributed by atoms with Crippen LogP contribution in [0.2, 0.25) is 5.15 Å². The van der Waals surface area contributed by atoms with Crippen molar-refractivity contribution in [3.8, 4) is 0 Å². The van der Waals surface area contributed by atoms with Crippen molar-refractivity contribution in [2.75, 3.05) is 0 Å². The average Bonchev–Trinajstić information content (AvgIpc) is 2.57. The van der Waals surface area contributed by atoms with E-state index in [1.807, 2.05) is 50.2 Å². The summed E-state index contributed by atoms with van der Waals surface area (Å²) in [6, 6.07) is 15.1. The largest absolute Gasteiger partial charge is 0.271 e. The lowest BCUT2D eigenvalue weighted by Gasteiger charge is -2.04. The van der Waals surface area contributed by atoms with Gasteiger partial charge in [0.05, 0.1) is 11.7 Å². The van der Waals surface area contributed by atoms with Gasteiger partial charge in [-0.2, -0.15) is 5.10 Å². The molecule has 3 rings (SSSR count). The number of hydrazone groups is 1. The summed E-state index contributed by atoms with van der Waals surface area (Å²) in [4.78, 5) is 16.4. The summed E-state index contributed by atoms with van der Waals surface area (Å²) in [5.74, 6) is -0.271. The number of rotatable bonds is 3. The third-order valence-electron chi connectivity index (χ3n) is 3.71. The lowest BCUT2D eigenvalue weighted by molar-refractivity contribution is 0.0955. The summed E-state index contributed by atoms with van der Waals surface area (Å²) in [5, 5.41) is 5.31. The predicted molar refractivity (Wildman–Crippen MR) is 97.7 cm³/mol. The molecule has 120 valence electrons. The summed E-state index contributed by atoms with van der Waals surface area (Å²) >= 11 is 6.21. The second-order valence-electron chi connectivity index (χ2n) is 5.58. The monoisotopic (exact) mass is 337 g/mol. The van der Waals surface area contributed by atoms with Gasteiger partial charge in [0.2, 0.25) is 0 Å². The highest BCUT2D eigenvalue weighted by Crippen LogP contribution is 2.21. The van der Waals surface area contributed by atoms with Crippen molar-refractivity contribution >= 4 is 34.6 Å². The number of para-hydroxylation sites is 1. The number of halogens is 1. The summed E-state index contributed by atoms with van der Waals surface area (Å²) < 4.78 is 0. The highest BCUT2D eigenvalue weighted by molar-refractivity contribution is 6.32. The molecule has 4 nitrogen and oxygen atoms in total. The van der Waals surface area contributed by atoms with Crippen LogP contribution in [0.5, 0.6) is 0 Å². The minimum Gasteiger partial charge on any atom is -0.267 e. The van der Waals surface area contributed by atoms with E-state index >= 15 is 0 Å². The van der Waals surface area contributed by atoms with E-state index in [2.05, 4.69) is 15.5 Å². The van der Waals surface area contributed by atoms with Gasteiger partial charge in [-0.1, -0.05) is 47.5 Å². The van der Waals surface area contributed by atoms with Gasteiger partial charge in [-0.15, -0.1) is 0 Å². The molecule has 0 saturated heterocycles. The number of benzene rings is 2. The third-order valence-corrected chi connectivity index (χ3v) is 4.01. The first-order valence-corrected chi connectivity index (χ1v) is 7.88. The molecule has 1 aromatic heterocycles. The van der Waals surface area contributed by atoms with Gasteiger partial charge >= 0.3 is 0 Å². The number of aryl methyl sites for hydroxylation is 2. The lowest BCUT2D eigenvalue weighted by Crippen LogP contribution is -2.17. The van der Waals surface area contributed by atoms with E-state index in [1.165, 1.54) is 6.21 Å². The quantitative estimate of drug-likeness (QED) is 0.441. The number of carbonyl (C=O) groups is 1. The van der Waals surface area contributed by atoms with Crippen LogP contribution in [0, 0.1) is 13.8 Å². The first-order chi connectivity index (χ1) is 11.5. The minimum atomic E-state index is -0.271. The molecular weight excluding hydrogens is 322 g/mol. The van der Waals surface area contributed by atoms with E-state index in [0.29, 0.717) is 16.3 Å². The van der Waals surface area contributed by atoms with Gasteiger partial charge in [-0.25, -0.2) is 10.4 Å². The Morgan fingerprint density at radius 1 is 1.17 bits per heavy atom. The zero-order chi connectivity index (χ0) is 17.1. The Morgan fingerprint density at radius 3 is 2.67 bits per heavy atom. The number of hydrogen-bond donors (Lipinski definition) is 1. The van der Waals surface area contributed by atoms with E-state index in [4.69, 9.17) is 11.6 Å². The van der Waals surface area contributed by atoms with Gasteiger partial charge in [0.1, 0.15) is 5.15 Å². The molecule has 0 saturated carbocycles. The average molecular weight is 338 g/mol. The van der Waals surface area contributed by atoms with E-state index < -0.39 is 0 Å². The van der Waals surface area contributed by atoms with Crippen LogP contribution < -0.4 is 5.43 Å². The highest BCUT2D eigenvalue weighted by Gasteiger charge is 2.06. The molecule has 2 aromatic carbocycles. The van der Waals surface area contributed by atoms with Crippen molar-refractivity contribution in [1.82, 2.24) is 10.4 Å². The number of carbonyl (C=O) groups excluding carboxylic acids is 1. The molecule has 0 spiro atoms. The summed E-state index contributed by atoms with van der Waals surface area (Å²) in [6.45, 7) is 3.96. The molecule has 0 aliphatic carbocycles. The number of pyridine rings is 1. The Morgan fingerprint density at radius 2 is 1.92 bits per heavy atom. The first kappa shape index (κ1) is 16.1. The van der Waals surface area contributed by atoms with Gasteiger partial charge in [-0.05, 0) is 37.6 Å². The molecule has 1 N–H and O–H groups in total. The van der Waals surface area contributed by atoms with E-state index in [0.717, 1.165) is 22.0 Å². The zero-order valence-electron chi connectivity index (χ0n) is 13.4. The molecule has 0 aliphatic heterocycles. The van der Waals surface area contributed by atoms with Gasteiger partial charge < -0.3 is 0 Å². The van der Waals surface area contributed by atoms with Crippen LogP contribution in [0.1, 0.15) is 27.0 Å². The number of amides is 1. The Balaban J connectivity index is 1.79. The fourth-order valence-corrected chi connectivity index (χ4v) is 2.55. The smallest absolute Gasteiger partial charge is 0.267 e. The number of nitrogens with one attached hydrogen (secondary N) is 1. The molecule has 0 aliphatic rings. The Labute approximate surface area is 145 Å². The van der Waals surface area contributed by atoms with Gasteiger partial charge in [0, 0.05) is 16.5 Å². The van der Waals surface area contributed by atoms with E-state index in [1.54, 1.807) is 12.1 Å². The number of aromatic nitrogens is 1. The van der Waals surface area contributed by atoms with Crippen LogP contribution in [0.3, 0.4) is 0 Å². The van der Waals surface area contributed by atoms with Crippen molar-refractivity contribution in [3.05, 3.63) is 75.9 Å². The Kier molecular flexibility index (Phi) is 4.58. The maximum Gasteiger partial charge on any atom is 0.271 e. The van der Waals surface area contributed by atoms with Crippen molar-refractivity contribution < 1.29 is 4.79 Å². The number of fused-ring (bicyclic) bond motifs is 1. The molecule has 0 atom stereocenters. The summed E-state index contributed by atoms with van der Waals surface area (Å²) in [6.07, 6.45) is 1.50. The van der Waals surface area contributed by atoms with Crippen LogP contribution in [-0.4, -0.2) is 17.1 Å². The van der Waals surface area contributed by atoms with Crippen molar-refractivity contribution in [1.29, 1.82) is 0 Å². The fourth-order valence-electron chi connectivity index (χ4n) is 2.36. The van der Waals surface area contributed by atoms with Crippen LogP contribution in [0.25, 0.3) is 10.9 Å². The molecule has 0 fully saturated rings. The Bertz CT molecular complexity index is 933. The lowest BCUT2D eigenvalue weighted by atomic mass is 10.1. The summed E-state index contributed by atoms with van der Waals surface area (Å²) in [5.41, 5.74) is 6.72. The fraction of sp³-hybridized carbons (Fsp3) is 0.105. The maximum absolute atomic E-state index is 12.0. The summed E-state index contributed by atoms with van der Waals surface area (Å²) in [7, 11) is 0. The SMILES string of the molecule is Cc1ccc(C(=O)N/N=C\c2cc3cccc(C)c3nc2Cl)cc1. The molecule has 0 radical (unpaired) electrons. The topological polar surface area (TPSA) is 54.4 Å². The van der Waals surface area contributed by atoms with Gasteiger partial charge in [0.25, 0.3) is 5.91 Å². The maximum atomic E-state index is 12.0. The standard InChI is InChI=1S/C19H16ClN3O/c1-12-6-8-14(9-7-12)19(24)23-21-11-16-10-15-5-3-4-13(2)17(15)22-18(16)20/h3-11H,1-2H3,(H,23,24)/b21-11-. The Hall–Kier alpha value is -2.72. The molecule has 3 aromatic rings. The van der Waals surface area contributed by atoms with Crippen LogP contribution in [0.15, 0.2) is 53.6 Å². The van der Waals surface area contributed by atoms with Crippen LogP contribution >= 0.6 is 11.6 Å². The van der Waals surface area contributed by atoms with Crippen molar-refractivity contribution in [2.45, 2.75) is 13.8 Å². The molecular formula is C19H16ClN3O. The molecule has 24 heavy (non-hydrogen) atoms. The first-order valence-electron chi connectivity index (χ1n) is 7.50. The zero-order valence-corrected chi connectivity index (χ0v) is 14.1. The highest BCUT2D eigenvalue weighted by atomic mass is 35.5. The molecule has 0 bridgehead atoms. The van der Waals surface area contributed by atoms with E-state index in [-0.39, 0.29) is 5.91 Å². The second-order valence-corrected chi connectivity index (χ2v) is 5.94. The predicted octanol–water partition coefficient (Wildman–Crippen LogP) is 4.27. The molecule has 0 unspecified atom stereocenters. The number of nitrogens with zero attached hydrogens (tertiary/aromatic N) is 2. The van der Waals surface area contributed by atoms with Crippen molar-refractivity contribution in [3.63, 3.8) is 0 Å². The van der Waals surface area contributed by atoms with E-state index in [9.17, 15) is 4.79 Å². The second kappa shape index (κ2) is 6.81. The molecule has 1 amide bonds. The van der Waals surface area contributed by atoms with Crippen molar-refractivity contribution in [2.24, 2.45) is 5.10 Å². The molecule has 1 heterocycles. The van der Waals surface area contributed by atoms with Crippen LogP contribution in [0.4, 0.5) is 0 Å². The van der Waals surface area contributed by atoms with Crippen LogP contribution in [-0.2, 0) is 0 Å². The normalized spacial score (nSPS) is 11.1. The van der Waals surface area contributed by atoms with Gasteiger partial charge in [0.15, 0.2) is 0 Å². The molecule has 5 heteroatoms. The number of hydrogen-bond acceptors (Lipinski definition) is 3. The minimum absolute atomic E-state index is 0.271. The third kappa shape index (κ3) is 3.44. The van der Waals surface area contributed by atoms with Gasteiger partial charge in [-0.3, -0.25) is 4.79 Å².